The van der Waals surface area contributed by atoms with E-state index in [1.54, 1.807) is 11.9 Å². The summed E-state index contributed by atoms with van der Waals surface area (Å²) < 4.78 is 2.42. The van der Waals surface area contributed by atoms with Gasteiger partial charge in [-0.25, -0.2) is 0 Å². The topological polar surface area (TPSA) is 54.3 Å². The fourth-order valence-corrected chi connectivity index (χ4v) is 5.51. The summed E-state index contributed by atoms with van der Waals surface area (Å²) in [6.45, 7) is 7.42. The van der Waals surface area contributed by atoms with E-state index in [1.807, 2.05) is 60.7 Å². The molecule has 1 aliphatic rings. The van der Waals surface area contributed by atoms with E-state index < -0.39 is 6.04 Å². The first-order valence-corrected chi connectivity index (χ1v) is 13.6. The first-order chi connectivity index (χ1) is 18.3. The third-order valence-electron chi connectivity index (χ3n) is 7.87. The predicted molar refractivity (Wildman–Crippen MR) is 155 cm³/mol. The van der Waals surface area contributed by atoms with Gasteiger partial charge in [0.1, 0.15) is 6.04 Å². The monoisotopic (exact) mass is 507 g/mol. The van der Waals surface area contributed by atoms with Crippen LogP contribution in [0.2, 0.25) is 0 Å². The van der Waals surface area contributed by atoms with Crippen LogP contribution in [0.3, 0.4) is 0 Å². The number of para-hydroxylation sites is 1. The van der Waals surface area contributed by atoms with Crippen LogP contribution in [0.1, 0.15) is 40.8 Å². The van der Waals surface area contributed by atoms with Crippen molar-refractivity contribution < 1.29 is 9.59 Å². The van der Waals surface area contributed by atoms with Crippen molar-refractivity contribution >= 4 is 28.4 Å². The van der Waals surface area contributed by atoms with Crippen LogP contribution in [0.4, 0.5) is 5.69 Å². The van der Waals surface area contributed by atoms with E-state index in [0.717, 1.165) is 35.0 Å². The van der Waals surface area contributed by atoms with Crippen molar-refractivity contribution in [2.75, 3.05) is 11.9 Å². The number of nitrogens with one attached hydrogen (secondary N) is 1. The van der Waals surface area contributed by atoms with Gasteiger partial charge in [-0.05, 0) is 73.9 Å². The molecular weight excluding hydrogens is 470 g/mol. The molecule has 3 aromatic carbocycles. The lowest BCUT2D eigenvalue weighted by Gasteiger charge is -2.25. The predicted octanol–water partition coefficient (Wildman–Crippen LogP) is 5.91. The van der Waals surface area contributed by atoms with Gasteiger partial charge in [-0.3, -0.25) is 9.59 Å². The summed E-state index contributed by atoms with van der Waals surface area (Å²) in [5, 5.41) is 4.30. The summed E-state index contributed by atoms with van der Waals surface area (Å²) >= 11 is 0. The minimum Gasteiger partial charge on any atom is -0.344 e. The zero-order valence-corrected chi connectivity index (χ0v) is 22.8. The first kappa shape index (κ1) is 25.8. The lowest BCUT2D eigenvalue weighted by Crippen LogP contribution is -2.49. The molecule has 38 heavy (non-hydrogen) atoms. The molecule has 2 amide bonds. The number of aromatic nitrogens is 1. The number of fused-ring (bicyclic) bond motifs is 1. The van der Waals surface area contributed by atoms with Crippen molar-refractivity contribution in [1.82, 2.24) is 9.88 Å². The van der Waals surface area contributed by atoms with Gasteiger partial charge in [0, 0.05) is 36.8 Å². The lowest BCUT2D eigenvalue weighted by atomic mass is 10.00. The molecule has 0 aliphatic heterocycles. The lowest BCUT2D eigenvalue weighted by molar-refractivity contribution is -0.127. The molecule has 0 radical (unpaired) electrons. The second-order valence-electron chi connectivity index (χ2n) is 10.8. The maximum absolute atomic E-state index is 13.7. The Hall–Kier alpha value is -3.86. The average Bonchev–Trinajstić information content (AvgIpc) is 3.71. The van der Waals surface area contributed by atoms with Gasteiger partial charge in [0.15, 0.2) is 0 Å². The zero-order chi connectivity index (χ0) is 26.8. The Morgan fingerprint density at radius 3 is 2.21 bits per heavy atom. The molecule has 5 rings (SSSR count). The largest absolute Gasteiger partial charge is 0.344 e. The van der Waals surface area contributed by atoms with Crippen LogP contribution in [-0.2, 0) is 29.0 Å². The summed E-state index contributed by atoms with van der Waals surface area (Å²) in [6, 6.07) is 23.1. The summed E-state index contributed by atoms with van der Waals surface area (Å²) in [6.07, 6.45) is 3.23. The highest BCUT2D eigenvalue weighted by Crippen LogP contribution is 2.37. The Balaban J connectivity index is 1.44. The van der Waals surface area contributed by atoms with Crippen molar-refractivity contribution in [3.8, 4) is 0 Å². The van der Waals surface area contributed by atoms with E-state index in [-0.39, 0.29) is 18.2 Å². The first-order valence-electron chi connectivity index (χ1n) is 13.6. The molecule has 1 saturated carbocycles. The highest BCUT2D eigenvalue weighted by Gasteiger charge is 2.28. The number of nitrogens with zero attached hydrogens (tertiary/aromatic N) is 2. The summed E-state index contributed by atoms with van der Waals surface area (Å²) in [7, 11) is 1.77. The van der Waals surface area contributed by atoms with Crippen LogP contribution < -0.4 is 10.2 Å². The smallest absolute Gasteiger partial charge is 0.249 e. The summed E-state index contributed by atoms with van der Waals surface area (Å²) in [5.41, 5.74) is 7.71. The standard InChI is InChI=1S/C33H37N3O2/c1-22-15-16-23(2)32-31(22)28(24(3)36(32)21-26-17-18-26)20-30(37)34-29(19-25-11-7-5-8-12-25)33(38)35(4)27-13-9-6-10-14-27/h5-16,26,29H,17-21H2,1-4H3,(H,34,37)/t29-/m0/s1. The molecule has 5 heteroatoms. The molecule has 1 fully saturated rings. The number of amides is 2. The highest BCUT2D eigenvalue weighted by atomic mass is 16.2. The van der Waals surface area contributed by atoms with Gasteiger partial charge in [-0.1, -0.05) is 60.7 Å². The maximum atomic E-state index is 13.7. The van der Waals surface area contributed by atoms with Crippen LogP contribution in [-0.4, -0.2) is 29.5 Å². The molecule has 0 bridgehead atoms. The zero-order valence-electron chi connectivity index (χ0n) is 22.8. The molecule has 1 N–H and O–H groups in total. The van der Waals surface area contributed by atoms with E-state index in [1.165, 1.54) is 34.9 Å². The minimum absolute atomic E-state index is 0.129. The number of rotatable bonds is 9. The molecule has 196 valence electrons. The van der Waals surface area contributed by atoms with E-state index in [9.17, 15) is 9.59 Å². The van der Waals surface area contributed by atoms with Crippen molar-refractivity contribution in [3.05, 3.63) is 101 Å². The van der Waals surface area contributed by atoms with Crippen LogP contribution in [0.15, 0.2) is 72.8 Å². The Morgan fingerprint density at radius 2 is 1.55 bits per heavy atom. The van der Waals surface area contributed by atoms with Crippen LogP contribution in [0.25, 0.3) is 10.9 Å². The van der Waals surface area contributed by atoms with E-state index >= 15 is 0 Å². The van der Waals surface area contributed by atoms with Gasteiger partial charge in [0.05, 0.1) is 11.9 Å². The van der Waals surface area contributed by atoms with Gasteiger partial charge >= 0.3 is 0 Å². The number of benzene rings is 3. The van der Waals surface area contributed by atoms with E-state index in [4.69, 9.17) is 0 Å². The van der Waals surface area contributed by atoms with Crippen LogP contribution in [0, 0.1) is 26.7 Å². The summed E-state index contributed by atoms with van der Waals surface area (Å²) in [4.78, 5) is 28.9. The van der Waals surface area contributed by atoms with Gasteiger partial charge in [0.25, 0.3) is 0 Å². The number of carbonyl (C=O) groups excluding carboxylic acids is 2. The molecule has 1 atom stereocenters. The summed E-state index contributed by atoms with van der Waals surface area (Å²) in [5.74, 6) is 0.468. The second kappa shape index (κ2) is 10.9. The number of aryl methyl sites for hydroxylation is 2. The number of carbonyl (C=O) groups is 2. The van der Waals surface area contributed by atoms with Crippen molar-refractivity contribution in [3.63, 3.8) is 0 Å². The molecule has 1 aromatic heterocycles. The van der Waals surface area contributed by atoms with E-state index in [2.05, 4.69) is 42.8 Å². The molecule has 0 unspecified atom stereocenters. The molecular formula is C33H37N3O2. The maximum Gasteiger partial charge on any atom is 0.249 e. The SMILES string of the molecule is Cc1ccc(C)c2c1c(CC(=O)N[C@@H](Cc1ccccc1)C(=O)N(C)c1ccccc1)c(C)n2CC1CC1. The van der Waals surface area contributed by atoms with Crippen LogP contribution in [0.5, 0.6) is 0 Å². The molecule has 1 aliphatic carbocycles. The highest BCUT2D eigenvalue weighted by molar-refractivity contribution is 6.00. The fraction of sp³-hybridized carbons (Fsp3) is 0.333. The molecule has 0 saturated heterocycles. The van der Waals surface area contributed by atoms with Crippen LogP contribution >= 0.6 is 0 Å². The quantitative estimate of drug-likeness (QED) is 0.306. The Bertz CT molecular complexity index is 1450. The van der Waals surface area contributed by atoms with Gasteiger partial charge in [-0.2, -0.15) is 0 Å². The van der Waals surface area contributed by atoms with Gasteiger partial charge in [-0.15, -0.1) is 0 Å². The Labute approximate surface area is 225 Å². The van der Waals surface area contributed by atoms with E-state index in [0.29, 0.717) is 6.42 Å². The van der Waals surface area contributed by atoms with Gasteiger partial charge < -0.3 is 14.8 Å². The fourth-order valence-electron chi connectivity index (χ4n) is 5.51. The Morgan fingerprint density at radius 1 is 0.921 bits per heavy atom. The van der Waals surface area contributed by atoms with Crippen molar-refractivity contribution in [2.45, 2.75) is 59.0 Å². The van der Waals surface area contributed by atoms with Crippen molar-refractivity contribution in [2.24, 2.45) is 5.92 Å². The number of hydrogen-bond donors (Lipinski definition) is 1. The number of anilines is 1. The molecule has 0 spiro atoms. The molecule has 5 nitrogen and oxygen atoms in total. The minimum atomic E-state index is -0.668. The normalized spacial score (nSPS) is 13.9. The second-order valence-corrected chi connectivity index (χ2v) is 10.8. The molecule has 4 aromatic rings. The number of likely N-dealkylation sites (N-methyl/N-ethyl adjacent to an activating group) is 1. The third kappa shape index (κ3) is 5.38. The average molecular weight is 508 g/mol. The van der Waals surface area contributed by atoms with Gasteiger partial charge in [0.2, 0.25) is 11.8 Å². The third-order valence-corrected chi connectivity index (χ3v) is 7.87. The Kier molecular flexibility index (Phi) is 7.37. The molecule has 1 heterocycles. The number of hydrogen-bond acceptors (Lipinski definition) is 2. The van der Waals surface area contributed by atoms with Crippen molar-refractivity contribution in [1.29, 1.82) is 0 Å².